The molecule has 2 aromatic heterocycles. The number of hydrogen-bond donors (Lipinski definition) is 0. The van der Waals surface area contributed by atoms with Gasteiger partial charge in [0, 0.05) is 33.0 Å². The molecule has 0 atom stereocenters. The monoisotopic (exact) mass is 829 g/mol. The summed E-state index contributed by atoms with van der Waals surface area (Å²) in [6.07, 6.45) is 0. The lowest BCUT2D eigenvalue weighted by atomic mass is 9.97. The topological polar surface area (TPSA) is 51.8 Å². The van der Waals surface area contributed by atoms with Crippen molar-refractivity contribution >= 4 is 32.7 Å². The van der Waals surface area contributed by atoms with Crippen LogP contribution in [-0.4, -0.2) is 15.0 Å². The van der Waals surface area contributed by atoms with Crippen LogP contribution in [0.1, 0.15) is 0 Å². The van der Waals surface area contributed by atoms with Crippen LogP contribution in [0.2, 0.25) is 0 Å². The molecule has 0 aliphatic rings. The molecular weight excluding hydrogens is 791 g/mol. The summed E-state index contributed by atoms with van der Waals surface area (Å²) >= 11 is 0. The van der Waals surface area contributed by atoms with E-state index in [-0.39, 0.29) is 0 Å². The maximum Gasteiger partial charge on any atom is 0.164 e. The Morgan fingerprint density at radius 1 is 0.262 bits per heavy atom. The Balaban J connectivity index is 0.971. The lowest BCUT2D eigenvalue weighted by Crippen LogP contribution is -2.00. The van der Waals surface area contributed by atoms with E-state index >= 15 is 0 Å². The Morgan fingerprint density at radius 2 is 0.677 bits per heavy atom. The van der Waals surface area contributed by atoms with Crippen LogP contribution in [0.15, 0.2) is 241 Å². The maximum absolute atomic E-state index is 6.75. The van der Waals surface area contributed by atoms with Crippen molar-refractivity contribution in [2.45, 2.75) is 0 Å². The second-order valence-corrected chi connectivity index (χ2v) is 16.3. The summed E-state index contributed by atoms with van der Waals surface area (Å²) in [4.78, 5) is 15.7. The number of nitrogens with zero attached hydrogens (tertiary/aromatic N) is 3. The minimum atomic E-state index is 0.577. The summed E-state index contributed by atoms with van der Waals surface area (Å²) < 4.78 is 6.75. The summed E-state index contributed by atoms with van der Waals surface area (Å²) in [7, 11) is 0. The number of furan rings is 1. The molecule has 12 rings (SSSR count). The average molecular weight is 830 g/mol. The molecule has 304 valence electrons. The first kappa shape index (κ1) is 38.0. The smallest absolute Gasteiger partial charge is 0.164 e. The van der Waals surface area contributed by atoms with Crippen LogP contribution in [0.25, 0.3) is 123 Å². The van der Waals surface area contributed by atoms with Crippen LogP contribution in [-0.2, 0) is 0 Å². The molecule has 0 spiro atoms. The molecule has 0 bridgehead atoms. The Bertz CT molecular complexity index is 3670. The van der Waals surface area contributed by atoms with E-state index in [2.05, 4.69) is 212 Å². The van der Waals surface area contributed by atoms with Gasteiger partial charge in [-0.2, -0.15) is 0 Å². The fourth-order valence-corrected chi connectivity index (χ4v) is 9.09. The molecule has 10 aromatic carbocycles. The highest BCUT2D eigenvalue weighted by Crippen LogP contribution is 2.41. The average Bonchev–Trinajstić information content (AvgIpc) is 3.79. The highest BCUT2D eigenvalue weighted by Gasteiger charge is 2.20. The second-order valence-electron chi connectivity index (χ2n) is 16.3. The van der Waals surface area contributed by atoms with Crippen LogP contribution in [0, 0.1) is 0 Å². The van der Waals surface area contributed by atoms with Gasteiger partial charge >= 0.3 is 0 Å². The van der Waals surface area contributed by atoms with Crippen molar-refractivity contribution in [1.29, 1.82) is 0 Å². The minimum absolute atomic E-state index is 0.577. The van der Waals surface area contributed by atoms with Crippen molar-refractivity contribution in [3.05, 3.63) is 237 Å². The van der Waals surface area contributed by atoms with Crippen LogP contribution in [0.4, 0.5) is 0 Å². The predicted molar refractivity (Wildman–Crippen MR) is 268 cm³/mol. The number of hydrogen-bond acceptors (Lipinski definition) is 4. The zero-order valence-corrected chi connectivity index (χ0v) is 35.3. The summed E-state index contributed by atoms with van der Waals surface area (Å²) in [5, 5.41) is 4.40. The SMILES string of the molecule is c1ccc(-c2ccc(-c3cccc4c3oc3cccc(-c5nc(-c6ccc(-c7cccc(-c8ccccc8)c7)cc6)nc(-c6ccc(-c7cccc8ccccc78)cc6)n5)c34)cc2)cc1. The highest BCUT2D eigenvalue weighted by atomic mass is 16.3. The fourth-order valence-electron chi connectivity index (χ4n) is 9.09. The molecular formula is C61H39N3O. The fraction of sp³-hybridized carbons (Fsp3) is 0. The van der Waals surface area contributed by atoms with Gasteiger partial charge in [-0.05, 0) is 73.0 Å². The Hall–Kier alpha value is -8.73. The Morgan fingerprint density at radius 3 is 1.35 bits per heavy atom. The van der Waals surface area contributed by atoms with Gasteiger partial charge in [-0.25, -0.2) is 15.0 Å². The van der Waals surface area contributed by atoms with Gasteiger partial charge in [0.05, 0.1) is 0 Å². The van der Waals surface area contributed by atoms with Crippen LogP contribution >= 0.6 is 0 Å². The van der Waals surface area contributed by atoms with E-state index in [1.807, 2.05) is 24.3 Å². The maximum atomic E-state index is 6.75. The van der Waals surface area contributed by atoms with Crippen molar-refractivity contribution in [2.24, 2.45) is 0 Å². The molecule has 0 saturated carbocycles. The van der Waals surface area contributed by atoms with Crippen molar-refractivity contribution in [3.8, 4) is 89.8 Å². The Labute approximate surface area is 376 Å². The molecule has 0 aliphatic heterocycles. The third kappa shape index (κ3) is 7.13. The summed E-state index contributed by atoms with van der Waals surface area (Å²) in [6.45, 7) is 0. The lowest BCUT2D eigenvalue weighted by molar-refractivity contribution is 0.670. The minimum Gasteiger partial charge on any atom is -0.455 e. The molecule has 0 amide bonds. The molecule has 0 N–H and O–H groups in total. The van der Waals surface area contributed by atoms with Crippen molar-refractivity contribution in [1.82, 2.24) is 15.0 Å². The normalized spacial score (nSPS) is 11.4. The third-order valence-corrected chi connectivity index (χ3v) is 12.4. The predicted octanol–water partition coefficient (Wildman–Crippen LogP) is 16.3. The van der Waals surface area contributed by atoms with E-state index in [9.17, 15) is 0 Å². The zero-order valence-electron chi connectivity index (χ0n) is 35.3. The molecule has 0 fully saturated rings. The molecule has 2 heterocycles. The first-order chi connectivity index (χ1) is 32.2. The summed E-state index contributed by atoms with van der Waals surface area (Å²) in [6, 6.07) is 82.9. The standard InChI is InChI=1S/C61H39N3O/c1-3-13-40(14-4-1)42-27-31-46(32-28-42)53-23-11-24-54-57-55(25-12-26-56(57)65-58(53)54)61-63-59(47-35-29-43(30-36-47)50-20-9-19-49(39-50)41-15-5-2-6-16-41)62-60(64-61)48-37-33-45(34-38-48)52-22-10-18-44-17-7-8-21-51(44)52/h1-39H. The Kier molecular flexibility index (Phi) is 9.46. The lowest BCUT2D eigenvalue weighted by Gasteiger charge is -2.11. The van der Waals surface area contributed by atoms with Crippen molar-refractivity contribution in [2.75, 3.05) is 0 Å². The van der Waals surface area contributed by atoms with Gasteiger partial charge in [-0.1, -0.05) is 224 Å². The number of benzene rings is 10. The van der Waals surface area contributed by atoms with Gasteiger partial charge in [-0.15, -0.1) is 0 Å². The molecule has 65 heavy (non-hydrogen) atoms. The number of fused-ring (bicyclic) bond motifs is 4. The van der Waals surface area contributed by atoms with Gasteiger partial charge in [0.25, 0.3) is 0 Å². The van der Waals surface area contributed by atoms with E-state index < -0.39 is 0 Å². The molecule has 0 aliphatic carbocycles. The van der Waals surface area contributed by atoms with Crippen molar-refractivity contribution < 1.29 is 4.42 Å². The molecule has 0 unspecified atom stereocenters. The van der Waals surface area contributed by atoms with E-state index in [4.69, 9.17) is 19.4 Å². The molecule has 0 radical (unpaired) electrons. The van der Waals surface area contributed by atoms with Crippen molar-refractivity contribution in [3.63, 3.8) is 0 Å². The zero-order chi connectivity index (χ0) is 43.1. The quantitative estimate of drug-likeness (QED) is 0.153. The highest BCUT2D eigenvalue weighted by molar-refractivity contribution is 6.15. The molecule has 4 heteroatoms. The number of aromatic nitrogens is 3. The number of rotatable bonds is 8. The first-order valence-corrected chi connectivity index (χ1v) is 21.9. The first-order valence-electron chi connectivity index (χ1n) is 21.9. The van der Waals surface area contributed by atoms with Crippen LogP contribution < -0.4 is 0 Å². The summed E-state index contributed by atoms with van der Waals surface area (Å²) in [5.41, 5.74) is 15.7. The van der Waals surface area contributed by atoms with E-state index in [1.54, 1.807) is 0 Å². The van der Waals surface area contributed by atoms with Gasteiger partial charge in [0.2, 0.25) is 0 Å². The summed E-state index contributed by atoms with van der Waals surface area (Å²) in [5.74, 6) is 1.77. The van der Waals surface area contributed by atoms with Gasteiger partial charge in [-0.3, -0.25) is 0 Å². The van der Waals surface area contributed by atoms with Gasteiger partial charge in [0.1, 0.15) is 11.2 Å². The van der Waals surface area contributed by atoms with E-state index in [0.29, 0.717) is 17.5 Å². The van der Waals surface area contributed by atoms with Crippen LogP contribution in [0.5, 0.6) is 0 Å². The largest absolute Gasteiger partial charge is 0.455 e. The third-order valence-electron chi connectivity index (χ3n) is 12.4. The molecule has 4 nitrogen and oxygen atoms in total. The molecule has 12 aromatic rings. The van der Waals surface area contributed by atoms with Gasteiger partial charge < -0.3 is 4.42 Å². The van der Waals surface area contributed by atoms with Gasteiger partial charge in [0.15, 0.2) is 17.5 Å². The van der Waals surface area contributed by atoms with E-state index in [1.165, 1.54) is 38.6 Å². The number of para-hydroxylation sites is 1. The van der Waals surface area contributed by atoms with Crippen LogP contribution in [0.3, 0.4) is 0 Å². The molecule has 0 saturated heterocycles. The second kappa shape index (κ2) is 16.2. The van der Waals surface area contributed by atoms with E-state index in [0.717, 1.165) is 66.4 Å².